The summed E-state index contributed by atoms with van der Waals surface area (Å²) in [4.78, 5) is 50.7. The standard InChI is InChI=1S/C34H44N6O5.C6H12/c1-7-22(2)9-8-10-30(42)45-31-24(4)17-26(18-25(31)5)20-44-34(43)40-16-13-27-32(36-21-37-33(27)40)38(6)28-19-39(15-12-23(28)3)29(41)11-14-35;1-3-5-6-4-2/h13,16-18,21-23,28H,7-12,15,19-20H2,1-6H3;5-6H,3-4H2,1-2H3/b;6-5-/t22?,23-,28+;/m1./s1. The molecular formula is C40H56N6O5. The average molecular weight is 701 g/mol. The number of piperidine rings is 1. The van der Waals surface area contributed by atoms with Crippen LogP contribution in [0.15, 0.2) is 42.9 Å². The molecule has 276 valence electrons. The lowest BCUT2D eigenvalue weighted by atomic mass is 9.92. The Morgan fingerprint density at radius 3 is 2.43 bits per heavy atom. The normalized spacial score (nSPS) is 16.3. The van der Waals surface area contributed by atoms with E-state index in [1.807, 2.05) is 44.0 Å². The minimum atomic E-state index is -0.580. The lowest BCUT2D eigenvalue weighted by Gasteiger charge is -2.42. The number of anilines is 1. The summed E-state index contributed by atoms with van der Waals surface area (Å²) in [5.74, 6) is 1.67. The maximum atomic E-state index is 13.2. The molecule has 11 heteroatoms. The molecule has 11 nitrogen and oxygen atoms in total. The van der Waals surface area contributed by atoms with Gasteiger partial charge in [0.2, 0.25) is 5.91 Å². The molecule has 3 aromatic rings. The Morgan fingerprint density at radius 1 is 1.12 bits per heavy atom. The van der Waals surface area contributed by atoms with Gasteiger partial charge in [0.25, 0.3) is 0 Å². The molecule has 1 aromatic carbocycles. The third-order valence-electron chi connectivity index (χ3n) is 9.50. The topological polar surface area (TPSA) is 131 Å². The molecule has 1 unspecified atom stereocenters. The summed E-state index contributed by atoms with van der Waals surface area (Å²) >= 11 is 0. The fraction of sp³-hybridized carbons (Fsp3) is 0.550. The molecule has 51 heavy (non-hydrogen) atoms. The summed E-state index contributed by atoms with van der Waals surface area (Å²) < 4.78 is 12.7. The molecule has 1 aliphatic heterocycles. The van der Waals surface area contributed by atoms with Gasteiger partial charge in [0, 0.05) is 32.8 Å². The van der Waals surface area contributed by atoms with Gasteiger partial charge in [-0.25, -0.2) is 19.3 Å². The Labute approximate surface area is 303 Å². The summed E-state index contributed by atoms with van der Waals surface area (Å²) in [7, 11) is 1.93. The van der Waals surface area contributed by atoms with Crippen LogP contribution in [0.3, 0.4) is 0 Å². The highest BCUT2D eigenvalue weighted by atomic mass is 16.5. The number of benzene rings is 1. The van der Waals surface area contributed by atoms with Crippen LogP contribution in [0.2, 0.25) is 0 Å². The van der Waals surface area contributed by atoms with E-state index in [0.29, 0.717) is 48.0 Å². The molecule has 0 spiro atoms. The molecule has 1 fully saturated rings. The third-order valence-corrected chi connectivity index (χ3v) is 9.50. The van der Waals surface area contributed by atoms with E-state index in [1.165, 1.54) is 23.7 Å². The first-order valence-corrected chi connectivity index (χ1v) is 18.3. The number of nitriles is 1. The molecule has 1 aliphatic rings. The number of fused-ring (bicyclic) bond motifs is 1. The molecule has 2 aromatic heterocycles. The molecule has 0 radical (unpaired) electrons. The van der Waals surface area contributed by atoms with Crippen LogP contribution in [0.25, 0.3) is 11.0 Å². The van der Waals surface area contributed by atoms with Crippen LogP contribution in [0, 0.1) is 37.0 Å². The molecule has 0 aliphatic carbocycles. The molecule has 1 saturated heterocycles. The second-order valence-corrected chi connectivity index (χ2v) is 13.5. The zero-order valence-electron chi connectivity index (χ0n) is 31.8. The molecular weight excluding hydrogens is 644 g/mol. The number of carbonyl (C=O) groups excluding carboxylic acids is 3. The summed E-state index contributed by atoms with van der Waals surface area (Å²) in [5.41, 5.74) is 2.80. The summed E-state index contributed by atoms with van der Waals surface area (Å²) in [6.45, 7) is 15.7. The van der Waals surface area contributed by atoms with E-state index in [2.05, 4.69) is 56.7 Å². The van der Waals surface area contributed by atoms with E-state index >= 15 is 0 Å². The van der Waals surface area contributed by atoms with Gasteiger partial charge >= 0.3 is 12.1 Å². The van der Waals surface area contributed by atoms with E-state index in [1.54, 1.807) is 17.2 Å². The van der Waals surface area contributed by atoms with Gasteiger partial charge in [0.05, 0.1) is 17.5 Å². The average Bonchev–Trinajstić information content (AvgIpc) is 3.56. The van der Waals surface area contributed by atoms with E-state index in [4.69, 9.17) is 14.7 Å². The number of allylic oxidation sites excluding steroid dienone is 2. The van der Waals surface area contributed by atoms with Crippen LogP contribution < -0.4 is 9.64 Å². The van der Waals surface area contributed by atoms with Crippen molar-refractivity contribution in [2.24, 2.45) is 11.8 Å². The monoisotopic (exact) mass is 700 g/mol. The lowest BCUT2D eigenvalue weighted by Crippen LogP contribution is -2.52. The first-order valence-electron chi connectivity index (χ1n) is 18.3. The van der Waals surface area contributed by atoms with Crippen LogP contribution in [-0.4, -0.2) is 63.6 Å². The minimum absolute atomic E-state index is 0.0201. The van der Waals surface area contributed by atoms with E-state index < -0.39 is 6.09 Å². The largest absolute Gasteiger partial charge is 0.444 e. The molecule has 1 amide bonds. The van der Waals surface area contributed by atoms with Gasteiger partial charge in [-0.3, -0.25) is 9.59 Å². The van der Waals surface area contributed by atoms with Crippen LogP contribution in [0.1, 0.15) is 103 Å². The highest BCUT2D eigenvalue weighted by Crippen LogP contribution is 2.30. The Bertz CT molecular complexity index is 1660. The van der Waals surface area contributed by atoms with Crippen LogP contribution in [0.5, 0.6) is 5.75 Å². The number of nitrogens with zero attached hydrogens (tertiary/aromatic N) is 6. The Hall–Kier alpha value is -4.72. The highest BCUT2D eigenvalue weighted by Gasteiger charge is 2.33. The second-order valence-electron chi connectivity index (χ2n) is 13.5. The fourth-order valence-corrected chi connectivity index (χ4v) is 6.28. The lowest BCUT2D eigenvalue weighted by molar-refractivity contribution is -0.134. The predicted molar refractivity (Wildman–Crippen MR) is 200 cm³/mol. The zero-order valence-corrected chi connectivity index (χ0v) is 31.8. The number of amides is 1. The number of hydrogen-bond acceptors (Lipinski definition) is 9. The quantitative estimate of drug-likeness (QED) is 0.0982. The maximum Gasteiger partial charge on any atom is 0.420 e. The number of rotatable bonds is 13. The van der Waals surface area contributed by atoms with Crippen LogP contribution in [-0.2, 0) is 20.9 Å². The Morgan fingerprint density at radius 2 is 1.80 bits per heavy atom. The Kier molecular flexibility index (Phi) is 16.1. The van der Waals surface area contributed by atoms with Gasteiger partial charge in [-0.2, -0.15) is 5.26 Å². The number of ether oxygens (including phenoxy) is 2. The summed E-state index contributed by atoms with van der Waals surface area (Å²) in [5, 5.41) is 9.65. The summed E-state index contributed by atoms with van der Waals surface area (Å²) in [6, 6.07) is 7.44. The first-order chi connectivity index (χ1) is 24.4. The molecule has 0 saturated carbocycles. The van der Waals surface area contributed by atoms with Crippen molar-refractivity contribution in [3.63, 3.8) is 0 Å². The Balaban J connectivity index is 0.00000107. The number of likely N-dealkylation sites (N-methyl/N-ethyl adjacent to an activating group) is 1. The number of aromatic nitrogens is 3. The first kappa shape index (κ1) is 40.7. The van der Waals surface area contributed by atoms with Gasteiger partial charge in [-0.05, 0) is 86.3 Å². The number of esters is 1. The third kappa shape index (κ3) is 11.4. The second kappa shape index (κ2) is 20.2. The maximum absolute atomic E-state index is 13.2. The van der Waals surface area contributed by atoms with Crippen molar-refractivity contribution in [3.05, 3.63) is 59.6 Å². The van der Waals surface area contributed by atoms with E-state index in [9.17, 15) is 14.4 Å². The SMILES string of the molecule is CC/C=C\CC.CCC(C)CCCC(=O)Oc1c(C)cc(COC(=O)n2ccc3c(N(C)[C@H]4CN(C(=O)CC#N)CC[C@H]4C)ncnc32)cc1C. The van der Waals surface area contributed by atoms with Crippen molar-refractivity contribution in [3.8, 4) is 11.8 Å². The number of aryl methyl sites for hydroxylation is 2. The van der Waals surface area contributed by atoms with Crippen LogP contribution in [0.4, 0.5) is 10.6 Å². The van der Waals surface area contributed by atoms with E-state index in [-0.39, 0.29) is 36.9 Å². The smallest absolute Gasteiger partial charge is 0.420 e. The molecule has 0 N–H and O–H groups in total. The van der Waals surface area contributed by atoms with Crippen molar-refractivity contribution in [2.75, 3.05) is 25.0 Å². The molecule has 3 atom stereocenters. The number of carbonyl (C=O) groups is 3. The van der Waals surface area contributed by atoms with Gasteiger partial charge in [-0.1, -0.05) is 59.6 Å². The van der Waals surface area contributed by atoms with E-state index in [0.717, 1.165) is 42.4 Å². The van der Waals surface area contributed by atoms with Crippen molar-refractivity contribution in [2.45, 2.75) is 112 Å². The predicted octanol–water partition coefficient (Wildman–Crippen LogP) is 8.30. The van der Waals surface area contributed by atoms with Crippen molar-refractivity contribution >= 4 is 34.8 Å². The summed E-state index contributed by atoms with van der Waals surface area (Å²) in [6.07, 6.45) is 13.1. The van der Waals surface area contributed by atoms with Crippen molar-refractivity contribution in [1.82, 2.24) is 19.4 Å². The molecule has 0 bridgehead atoms. The minimum Gasteiger partial charge on any atom is -0.444 e. The van der Waals surface area contributed by atoms with Gasteiger partial charge in [0.1, 0.15) is 30.9 Å². The number of hydrogen-bond donors (Lipinski definition) is 0. The van der Waals surface area contributed by atoms with Gasteiger partial charge in [-0.15, -0.1) is 0 Å². The van der Waals surface area contributed by atoms with Crippen LogP contribution >= 0.6 is 0 Å². The van der Waals surface area contributed by atoms with Gasteiger partial charge < -0.3 is 19.3 Å². The van der Waals surface area contributed by atoms with Gasteiger partial charge in [0.15, 0.2) is 5.65 Å². The zero-order chi connectivity index (χ0) is 37.5. The van der Waals surface area contributed by atoms with Crippen molar-refractivity contribution < 1.29 is 23.9 Å². The number of likely N-dealkylation sites (tertiary alicyclic amines) is 1. The van der Waals surface area contributed by atoms with Crippen molar-refractivity contribution in [1.29, 1.82) is 5.26 Å². The molecule has 4 rings (SSSR count). The molecule has 3 heterocycles. The highest BCUT2D eigenvalue weighted by molar-refractivity contribution is 5.93. The fourth-order valence-electron chi connectivity index (χ4n) is 6.28.